The Morgan fingerprint density at radius 3 is 2.74 bits per heavy atom. The van der Waals surface area contributed by atoms with Crippen LogP contribution in [0.2, 0.25) is 5.02 Å². The zero-order chi connectivity index (χ0) is 14.1. The van der Waals surface area contributed by atoms with Gasteiger partial charge < -0.3 is 5.32 Å². The van der Waals surface area contributed by atoms with Gasteiger partial charge in [-0.05, 0) is 12.5 Å². The SMILES string of the molecule is CCCCNC(=O)C(=O)N/N=C\c1ccccc1Cl. The van der Waals surface area contributed by atoms with Crippen LogP contribution >= 0.6 is 11.6 Å². The van der Waals surface area contributed by atoms with Gasteiger partial charge in [-0.2, -0.15) is 5.10 Å². The van der Waals surface area contributed by atoms with Crippen molar-refractivity contribution in [1.29, 1.82) is 0 Å². The lowest BCUT2D eigenvalue weighted by Crippen LogP contribution is -2.38. The van der Waals surface area contributed by atoms with Gasteiger partial charge in [0.2, 0.25) is 0 Å². The van der Waals surface area contributed by atoms with Crippen LogP contribution < -0.4 is 10.7 Å². The number of halogens is 1. The summed E-state index contributed by atoms with van der Waals surface area (Å²) in [6.07, 6.45) is 3.17. The maximum Gasteiger partial charge on any atom is 0.329 e. The lowest BCUT2D eigenvalue weighted by molar-refractivity contribution is -0.139. The Balaban J connectivity index is 2.41. The second kappa shape index (κ2) is 8.26. The summed E-state index contributed by atoms with van der Waals surface area (Å²) < 4.78 is 0. The van der Waals surface area contributed by atoms with E-state index < -0.39 is 11.8 Å². The summed E-state index contributed by atoms with van der Waals surface area (Å²) in [4.78, 5) is 22.6. The highest BCUT2D eigenvalue weighted by molar-refractivity contribution is 6.35. The van der Waals surface area contributed by atoms with Gasteiger partial charge in [-0.25, -0.2) is 5.43 Å². The Morgan fingerprint density at radius 2 is 2.05 bits per heavy atom. The summed E-state index contributed by atoms with van der Waals surface area (Å²) in [6, 6.07) is 7.05. The smallest absolute Gasteiger partial charge is 0.329 e. The van der Waals surface area contributed by atoms with Crippen molar-refractivity contribution in [2.24, 2.45) is 5.10 Å². The third kappa shape index (κ3) is 5.52. The Labute approximate surface area is 117 Å². The minimum Gasteiger partial charge on any atom is -0.348 e. The molecule has 0 aliphatic rings. The largest absolute Gasteiger partial charge is 0.348 e. The number of rotatable bonds is 5. The highest BCUT2D eigenvalue weighted by Gasteiger charge is 2.10. The van der Waals surface area contributed by atoms with Gasteiger partial charge in [0.05, 0.1) is 6.21 Å². The van der Waals surface area contributed by atoms with E-state index >= 15 is 0 Å². The number of amides is 2. The third-order valence-corrected chi connectivity index (χ3v) is 2.64. The Morgan fingerprint density at radius 1 is 1.32 bits per heavy atom. The molecular formula is C13H16ClN3O2. The molecule has 19 heavy (non-hydrogen) atoms. The van der Waals surface area contributed by atoms with Gasteiger partial charge in [-0.3, -0.25) is 9.59 Å². The van der Waals surface area contributed by atoms with E-state index in [4.69, 9.17) is 11.6 Å². The number of hydrazone groups is 1. The lowest BCUT2D eigenvalue weighted by atomic mass is 10.2. The first kappa shape index (κ1) is 15.2. The zero-order valence-electron chi connectivity index (χ0n) is 10.6. The Hall–Kier alpha value is -1.88. The molecule has 0 spiro atoms. The van der Waals surface area contributed by atoms with Gasteiger partial charge in [0.1, 0.15) is 0 Å². The molecule has 2 N–H and O–H groups in total. The highest BCUT2D eigenvalue weighted by atomic mass is 35.5. The number of carbonyl (C=O) groups is 2. The summed E-state index contributed by atoms with van der Waals surface area (Å²) in [5.74, 6) is -1.48. The second-order valence-corrected chi connectivity index (χ2v) is 4.24. The van der Waals surface area contributed by atoms with Crippen molar-refractivity contribution in [2.45, 2.75) is 19.8 Å². The molecule has 0 saturated carbocycles. The monoisotopic (exact) mass is 281 g/mol. The molecule has 0 heterocycles. The standard InChI is InChI=1S/C13H16ClN3O2/c1-2-3-8-15-12(18)13(19)17-16-9-10-6-4-5-7-11(10)14/h4-7,9H,2-3,8H2,1H3,(H,15,18)(H,17,19)/b16-9-. The van der Waals surface area contributed by atoms with Gasteiger partial charge in [-0.15, -0.1) is 0 Å². The predicted octanol–water partition coefficient (Wildman–Crippen LogP) is 1.71. The van der Waals surface area contributed by atoms with Gasteiger partial charge in [0.15, 0.2) is 0 Å². The van der Waals surface area contributed by atoms with E-state index in [1.807, 2.05) is 6.92 Å². The molecule has 0 atom stereocenters. The number of nitrogens with one attached hydrogen (secondary N) is 2. The fourth-order valence-electron chi connectivity index (χ4n) is 1.25. The number of nitrogens with zero attached hydrogens (tertiary/aromatic N) is 1. The van der Waals surface area contributed by atoms with Crippen LogP contribution in [0.25, 0.3) is 0 Å². The van der Waals surface area contributed by atoms with Crippen molar-refractivity contribution in [3.63, 3.8) is 0 Å². The molecule has 1 aromatic rings. The fraction of sp³-hybridized carbons (Fsp3) is 0.308. The molecule has 0 aliphatic carbocycles. The Bertz CT molecular complexity index is 475. The molecule has 1 rings (SSSR count). The van der Waals surface area contributed by atoms with E-state index in [0.717, 1.165) is 12.8 Å². The number of unbranched alkanes of at least 4 members (excludes halogenated alkanes) is 1. The molecule has 0 aromatic heterocycles. The van der Waals surface area contributed by atoms with Gasteiger partial charge >= 0.3 is 11.8 Å². The summed E-state index contributed by atoms with van der Waals surface area (Å²) in [5.41, 5.74) is 2.81. The zero-order valence-corrected chi connectivity index (χ0v) is 11.4. The van der Waals surface area contributed by atoms with E-state index in [0.29, 0.717) is 17.1 Å². The van der Waals surface area contributed by atoms with Crippen LogP contribution in [-0.4, -0.2) is 24.6 Å². The average molecular weight is 282 g/mol. The molecule has 1 aromatic carbocycles. The topological polar surface area (TPSA) is 70.6 Å². The van der Waals surface area contributed by atoms with Crippen molar-refractivity contribution in [3.8, 4) is 0 Å². The fourth-order valence-corrected chi connectivity index (χ4v) is 1.43. The predicted molar refractivity (Wildman–Crippen MR) is 75.1 cm³/mol. The molecule has 0 unspecified atom stereocenters. The van der Waals surface area contributed by atoms with Crippen molar-refractivity contribution >= 4 is 29.6 Å². The number of carbonyl (C=O) groups excluding carboxylic acids is 2. The van der Waals surface area contributed by atoms with E-state index in [-0.39, 0.29) is 0 Å². The molecule has 0 aliphatic heterocycles. The van der Waals surface area contributed by atoms with E-state index in [2.05, 4.69) is 15.8 Å². The van der Waals surface area contributed by atoms with E-state index in [1.165, 1.54) is 6.21 Å². The van der Waals surface area contributed by atoms with Crippen molar-refractivity contribution in [3.05, 3.63) is 34.9 Å². The molecule has 6 heteroatoms. The van der Waals surface area contributed by atoms with Crippen LogP contribution in [0.15, 0.2) is 29.4 Å². The normalized spacial score (nSPS) is 10.4. The van der Waals surface area contributed by atoms with Gasteiger partial charge in [0.25, 0.3) is 0 Å². The molecule has 5 nitrogen and oxygen atoms in total. The molecule has 0 saturated heterocycles. The number of benzene rings is 1. The maximum atomic E-state index is 11.3. The quantitative estimate of drug-likeness (QED) is 0.373. The summed E-state index contributed by atoms with van der Waals surface area (Å²) in [7, 11) is 0. The van der Waals surface area contributed by atoms with Crippen LogP contribution in [0.1, 0.15) is 25.3 Å². The molecule has 0 bridgehead atoms. The molecule has 102 valence electrons. The summed E-state index contributed by atoms with van der Waals surface area (Å²) >= 11 is 5.90. The van der Waals surface area contributed by atoms with E-state index in [9.17, 15) is 9.59 Å². The summed E-state index contributed by atoms with van der Waals surface area (Å²) in [6.45, 7) is 2.48. The van der Waals surface area contributed by atoms with Crippen LogP contribution in [0, 0.1) is 0 Å². The van der Waals surface area contributed by atoms with Gasteiger partial charge in [-0.1, -0.05) is 43.1 Å². The van der Waals surface area contributed by atoms with Crippen molar-refractivity contribution in [1.82, 2.24) is 10.7 Å². The van der Waals surface area contributed by atoms with Gasteiger partial charge in [0, 0.05) is 17.1 Å². The molecular weight excluding hydrogens is 266 g/mol. The first-order valence-corrected chi connectivity index (χ1v) is 6.38. The average Bonchev–Trinajstić information content (AvgIpc) is 2.41. The number of hydrogen-bond donors (Lipinski definition) is 2. The summed E-state index contributed by atoms with van der Waals surface area (Å²) in [5, 5.41) is 6.70. The van der Waals surface area contributed by atoms with Crippen LogP contribution in [-0.2, 0) is 9.59 Å². The first-order chi connectivity index (χ1) is 9.15. The lowest BCUT2D eigenvalue weighted by Gasteiger charge is -2.02. The second-order valence-electron chi connectivity index (χ2n) is 3.83. The maximum absolute atomic E-state index is 11.3. The minimum atomic E-state index is -0.792. The molecule has 0 radical (unpaired) electrons. The molecule has 2 amide bonds. The molecule has 0 fully saturated rings. The van der Waals surface area contributed by atoms with Crippen LogP contribution in [0.4, 0.5) is 0 Å². The van der Waals surface area contributed by atoms with Crippen molar-refractivity contribution in [2.75, 3.05) is 6.54 Å². The van der Waals surface area contributed by atoms with Crippen molar-refractivity contribution < 1.29 is 9.59 Å². The third-order valence-electron chi connectivity index (χ3n) is 2.30. The minimum absolute atomic E-state index is 0.483. The van der Waals surface area contributed by atoms with Crippen LogP contribution in [0.3, 0.4) is 0 Å². The van der Waals surface area contributed by atoms with Crippen LogP contribution in [0.5, 0.6) is 0 Å². The first-order valence-electron chi connectivity index (χ1n) is 6.01. The number of hydrogen-bond acceptors (Lipinski definition) is 3. The van der Waals surface area contributed by atoms with E-state index in [1.54, 1.807) is 24.3 Å². The highest BCUT2D eigenvalue weighted by Crippen LogP contribution is 2.11. The Kier molecular flexibility index (Phi) is 6.60.